The van der Waals surface area contributed by atoms with E-state index in [9.17, 15) is 5.11 Å². The van der Waals surface area contributed by atoms with Gasteiger partial charge >= 0.3 is 0 Å². The third-order valence-electron chi connectivity index (χ3n) is 2.49. The van der Waals surface area contributed by atoms with E-state index in [2.05, 4.69) is 30.0 Å². The van der Waals surface area contributed by atoms with Crippen molar-refractivity contribution in [3.05, 3.63) is 37.4 Å². The van der Waals surface area contributed by atoms with Gasteiger partial charge in [0.1, 0.15) is 5.76 Å². The Bertz CT molecular complexity index is 248. The highest BCUT2D eigenvalue weighted by molar-refractivity contribution is 5.09. The normalized spacial score (nSPS) is 20.6. The summed E-state index contributed by atoms with van der Waals surface area (Å²) in [5, 5.41) is 12.4. The van der Waals surface area contributed by atoms with E-state index in [0.29, 0.717) is 6.54 Å². The molecule has 0 radical (unpaired) electrons. The summed E-state index contributed by atoms with van der Waals surface area (Å²) < 4.78 is 0. The SMILES string of the molecule is C=CNCC(=C)N1CCC[C@H]1C(=C)O. The first-order valence-electron chi connectivity index (χ1n) is 4.83. The van der Waals surface area contributed by atoms with E-state index < -0.39 is 0 Å². The molecule has 1 fully saturated rings. The van der Waals surface area contributed by atoms with E-state index in [1.165, 1.54) is 0 Å². The molecule has 3 heteroatoms. The molecule has 1 aliphatic heterocycles. The smallest absolute Gasteiger partial charge is 0.107 e. The minimum Gasteiger partial charge on any atom is -0.511 e. The van der Waals surface area contributed by atoms with Crippen molar-refractivity contribution < 1.29 is 5.11 Å². The summed E-state index contributed by atoms with van der Waals surface area (Å²) >= 11 is 0. The van der Waals surface area contributed by atoms with Gasteiger partial charge in [-0.25, -0.2) is 0 Å². The van der Waals surface area contributed by atoms with Crippen molar-refractivity contribution in [1.29, 1.82) is 0 Å². The van der Waals surface area contributed by atoms with Crippen LogP contribution >= 0.6 is 0 Å². The van der Waals surface area contributed by atoms with Crippen LogP contribution in [0.25, 0.3) is 0 Å². The van der Waals surface area contributed by atoms with Crippen molar-refractivity contribution in [2.24, 2.45) is 0 Å². The van der Waals surface area contributed by atoms with Crippen LogP contribution in [-0.4, -0.2) is 29.1 Å². The molecule has 0 spiro atoms. The van der Waals surface area contributed by atoms with E-state index >= 15 is 0 Å². The molecule has 0 aromatic heterocycles. The molecule has 0 amide bonds. The van der Waals surface area contributed by atoms with Crippen molar-refractivity contribution in [1.82, 2.24) is 10.2 Å². The third kappa shape index (κ3) is 2.31. The second kappa shape index (κ2) is 4.74. The van der Waals surface area contributed by atoms with Crippen LogP contribution in [0.15, 0.2) is 37.4 Å². The van der Waals surface area contributed by atoms with Crippen LogP contribution in [0, 0.1) is 0 Å². The van der Waals surface area contributed by atoms with Gasteiger partial charge in [-0.15, -0.1) is 0 Å². The molecule has 0 saturated carbocycles. The summed E-state index contributed by atoms with van der Waals surface area (Å²) in [6.07, 6.45) is 3.68. The molecule has 0 aromatic carbocycles. The molecule has 0 aliphatic carbocycles. The highest BCUT2D eigenvalue weighted by Crippen LogP contribution is 2.24. The number of nitrogens with zero attached hydrogens (tertiary/aromatic N) is 1. The fourth-order valence-corrected chi connectivity index (χ4v) is 1.78. The first-order chi connectivity index (χ1) is 6.66. The van der Waals surface area contributed by atoms with Gasteiger partial charge in [0.25, 0.3) is 0 Å². The molecule has 1 aliphatic rings. The van der Waals surface area contributed by atoms with Gasteiger partial charge in [-0.2, -0.15) is 0 Å². The Morgan fingerprint density at radius 3 is 2.86 bits per heavy atom. The van der Waals surface area contributed by atoms with Gasteiger partial charge in [0.15, 0.2) is 0 Å². The molecule has 0 bridgehead atoms. The van der Waals surface area contributed by atoms with Gasteiger partial charge in [-0.1, -0.05) is 19.7 Å². The maximum absolute atomic E-state index is 9.38. The Balaban J connectivity index is 2.53. The number of nitrogens with one attached hydrogen (secondary N) is 1. The quantitative estimate of drug-likeness (QED) is 0.655. The molecule has 0 aromatic rings. The van der Waals surface area contributed by atoms with Crippen molar-refractivity contribution >= 4 is 0 Å². The van der Waals surface area contributed by atoms with Crippen LogP contribution in [0.3, 0.4) is 0 Å². The summed E-state index contributed by atoms with van der Waals surface area (Å²) in [7, 11) is 0. The van der Waals surface area contributed by atoms with E-state index in [4.69, 9.17) is 0 Å². The summed E-state index contributed by atoms with van der Waals surface area (Å²) in [4.78, 5) is 2.10. The van der Waals surface area contributed by atoms with Crippen molar-refractivity contribution in [3.8, 4) is 0 Å². The second-order valence-corrected chi connectivity index (χ2v) is 3.49. The Morgan fingerprint density at radius 1 is 1.57 bits per heavy atom. The lowest BCUT2D eigenvalue weighted by Crippen LogP contribution is -2.33. The summed E-state index contributed by atoms with van der Waals surface area (Å²) in [6.45, 7) is 12.7. The lowest BCUT2D eigenvalue weighted by molar-refractivity contribution is 0.261. The van der Waals surface area contributed by atoms with E-state index in [1.54, 1.807) is 6.20 Å². The molecule has 3 nitrogen and oxygen atoms in total. The van der Waals surface area contributed by atoms with Crippen LogP contribution in [0.4, 0.5) is 0 Å². The minimum atomic E-state index is 0.0501. The Labute approximate surface area is 85.4 Å². The average molecular weight is 194 g/mol. The highest BCUT2D eigenvalue weighted by Gasteiger charge is 2.27. The second-order valence-electron chi connectivity index (χ2n) is 3.49. The van der Waals surface area contributed by atoms with Gasteiger partial charge in [0.2, 0.25) is 0 Å². The van der Waals surface area contributed by atoms with Crippen molar-refractivity contribution in [2.75, 3.05) is 13.1 Å². The van der Waals surface area contributed by atoms with Gasteiger partial charge in [0.05, 0.1) is 12.6 Å². The molecule has 78 valence electrons. The zero-order valence-corrected chi connectivity index (χ0v) is 8.50. The van der Waals surface area contributed by atoms with Crippen molar-refractivity contribution in [3.63, 3.8) is 0 Å². The van der Waals surface area contributed by atoms with Crippen LogP contribution in [0.2, 0.25) is 0 Å². The van der Waals surface area contributed by atoms with Gasteiger partial charge in [-0.3, -0.25) is 0 Å². The average Bonchev–Trinajstić information content (AvgIpc) is 2.62. The number of likely N-dealkylation sites (tertiary alicyclic amines) is 1. The predicted octanol–water partition coefficient (Wildman–Crippen LogP) is 1.77. The fraction of sp³-hybridized carbons (Fsp3) is 0.455. The Morgan fingerprint density at radius 2 is 2.29 bits per heavy atom. The molecule has 2 N–H and O–H groups in total. The number of hydrogen-bond donors (Lipinski definition) is 2. The first kappa shape index (κ1) is 10.7. The molecular weight excluding hydrogens is 176 g/mol. The maximum Gasteiger partial charge on any atom is 0.107 e. The Hall–Kier alpha value is -1.38. The van der Waals surface area contributed by atoms with Crippen LogP contribution in [0.1, 0.15) is 12.8 Å². The summed E-state index contributed by atoms with van der Waals surface area (Å²) in [5.74, 6) is 0.238. The van der Waals surface area contributed by atoms with Crippen LogP contribution in [0.5, 0.6) is 0 Å². The molecule has 1 heterocycles. The largest absolute Gasteiger partial charge is 0.511 e. The molecule has 1 saturated heterocycles. The molecule has 1 rings (SSSR count). The molecule has 1 atom stereocenters. The van der Waals surface area contributed by atoms with Gasteiger partial charge in [0, 0.05) is 12.2 Å². The van der Waals surface area contributed by atoms with E-state index in [1.807, 2.05) is 0 Å². The Kier molecular flexibility index (Phi) is 3.63. The zero-order valence-electron chi connectivity index (χ0n) is 8.50. The fourth-order valence-electron chi connectivity index (χ4n) is 1.78. The van der Waals surface area contributed by atoms with E-state index in [-0.39, 0.29) is 11.8 Å². The predicted molar refractivity (Wildman–Crippen MR) is 58.8 cm³/mol. The molecule has 14 heavy (non-hydrogen) atoms. The lowest BCUT2D eigenvalue weighted by atomic mass is 10.2. The van der Waals surface area contributed by atoms with Crippen LogP contribution in [-0.2, 0) is 0 Å². The third-order valence-corrected chi connectivity index (χ3v) is 2.49. The number of hydrogen-bond acceptors (Lipinski definition) is 3. The standard InChI is InChI=1S/C11H18N2O/c1-4-12-8-9(2)13-7-5-6-11(13)10(3)14/h4,11-12,14H,1-3,5-8H2/t11-/m0/s1. The zero-order chi connectivity index (χ0) is 10.6. The van der Waals surface area contributed by atoms with Crippen molar-refractivity contribution in [2.45, 2.75) is 18.9 Å². The topological polar surface area (TPSA) is 35.5 Å². The molecule has 0 unspecified atom stereocenters. The summed E-state index contributed by atoms with van der Waals surface area (Å²) in [5.41, 5.74) is 0.975. The molecular formula is C11H18N2O. The number of aliphatic hydroxyl groups excluding tert-OH is 1. The lowest BCUT2D eigenvalue weighted by Gasteiger charge is -2.27. The van der Waals surface area contributed by atoms with Gasteiger partial charge in [-0.05, 0) is 19.0 Å². The maximum atomic E-state index is 9.38. The number of aliphatic hydroxyl groups is 1. The first-order valence-corrected chi connectivity index (χ1v) is 4.83. The van der Waals surface area contributed by atoms with Crippen LogP contribution < -0.4 is 5.32 Å². The van der Waals surface area contributed by atoms with E-state index in [0.717, 1.165) is 25.1 Å². The monoisotopic (exact) mass is 194 g/mol. The minimum absolute atomic E-state index is 0.0501. The highest BCUT2D eigenvalue weighted by atomic mass is 16.3. The van der Waals surface area contributed by atoms with Gasteiger partial charge < -0.3 is 15.3 Å². The summed E-state index contributed by atoms with van der Waals surface area (Å²) in [6, 6.07) is 0.0501. The number of rotatable bonds is 5.